The van der Waals surface area contributed by atoms with Crippen molar-refractivity contribution in [2.75, 3.05) is 0 Å². The van der Waals surface area contributed by atoms with Gasteiger partial charge in [0.05, 0.1) is 0 Å². The minimum atomic E-state index is -0.629. The van der Waals surface area contributed by atoms with Gasteiger partial charge >= 0.3 is 6.09 Å². The lowest BCUT2D eigenvalue weighted by molar-refractivity contribution is -0.390. The fourth-order valence-electron chi connectivity index (χ4n) is 8.63. The molecule has 6 saturated carbocycles. The number of carbonyl (C=O) groups excluding carboxylic acids is 1. The zero-order chi connectivity index (χ0) is 24.3. The highest BCUT2D eigenvalue weighted by Gasteiger charge is 2.67. The molecule has 36 heavy (non-hydrogen) atoms. The zero-order valence-electron chi connectivity index (χ0n) is 21.2. The first-order valence-electron chi connectivity index (χ1n) is 14.4. The van der Waals surface area contributed by atoms with Gasteiger partial charge in [0, 0.05) is 36.8 Å². The highest BCUT2D eigenvalue weighted by Crippen LogP contribution is 2.64. The lowest BCUT2D eigenvalue weighted by atomic mass is 9.53. The fraction of sp³-hybridized carbons (Fsp3) is 0.759. The molecule has 196 valence electrons. The van der Waals surface area contributed by atoms with Crippen LogP contribution in [0.1, 0.15) is 95.0 Å². The van der Waals surface area contributed by atoms with Crippen LogP contribution in [0.25, 0.3) is 0 Å². The molecule has 1 heterocycles. The average Bonchev–Trinajstić information content (AvgIpc) is 3.23. The Morgan fingerprint density at radius 3 is 2.31 bits per heavy atom. The molecule has 0 radical (unpaired) electrons. The number of amides is 1. The Labute approximate surface area is 213 Å². The summed E-state index contributed by atoms with van der Waals surface area (Å²) in [5, 5.41) is 2.99. The monoisotopic (exact) mass is 496 g/mol. The van der Waals surface area contributed by atoms with Gasteiger partial charge in [0.2, 0.25) is 11.6 Å². The Bertz CT molecular complexity index is 946. The van der Waals surface area contributed by atoms with E-state index in [1.807, 2.05) is 12.1 Å². The molecule has 1 saturated heterocycles. The van der Waals surface area contributed by atoms with Crippen molar-refractivity contribution in [2.45, 2.75) is 113 Å². The minimum absolute atomic E-state index is 0.154. The Morgan fingerprint density at radius 2 is 1.61 bits per heavy atom. The van der Waals surface area contributed by atoms with Crippen LogP contribution in [0, 0.1) is 23.7 Å². The molecule has 7 heteroatoms. The summed E-state index contributed by atoms with van der Waals surface area (Å²) in [6, 6.07) is 8.39. The summed E-state index contributed by atoms with van der Waals surface area (Å²) in [5.41, 5.74) is 7.20. The van der Waals surface area contributed by atoms with Crippen LogP contribution in [0.15, 0.2) is 24.3 Å². The topological polar surface area (TPSA) is 92.0 Å². The first-order valence-corrected chi connectivity index (χ1v) is 14.4. The van der Waals surface area contributed by atoms with Gasteiger partial charge in [0.25, 0.3) is 0 Å². The second-order valence-electron chi connectivity index (χ2n) is 12.7. The molecule has 8 rings (SSSR count). The Kier molecular flexibility index (Phi) is 5.84. The van der Waals surface area contributed by atoms with E-state index in [2.05, 4.69) is 17.4 Å². The molecule has 2 atom stereocenters. The van der Waals surface area contributed by atoms with Crippen LogP contribution in [0.5, 0.6) is 5.75 Å². The summed E-state index contributed by atoms with van der Waals surface area (Å²) in [6.45, 7) is 0. The molecule has 6 aliphatic carbocycles. The maximum absolute atomic E-state index is 12.4. The largest absolute Gasteiger partial charge is 0.412 e. The van der Waals surface area contributed by atoms with E-state index < -0.39 is 11.6 Å². The number of nitrogens with one attached hydrogen (secondary N) is 1. The maximum atomic E-state index is 12.4. The quantitative estimate of drug-likeness (QED) is 0.535. The summed E-state index contributed by atoms with van der Waals surface area (Å²) >= 11 is 0. The van der Waals surface area contributed by atoms with Gasteiger partial charge in [-0.25, -0.2) is 4.79 Å². The summed E-state index contributed by atoms with van der Waals surface area (Å²) in [6.07, 6.45) is 13.5. The minimum Gasteiger partial charge on any atom is -0.410 e. The Hall–Kier alpha value is -1.67. The van der Waals surface area contributed by atoms with E-state index in [4.69, 9.17) is 25.0 Å². The summed E-state index contributed by atoms with van der Waals surface area (Å²) in [5.74, 6) is 2.47. The summed E-state index contributed by atoms with van der Waals surface area (Å²) < 4.78 is 12.5. The van der Waals surface area contributed by atoms with Crippen LogP contribution in [0.4, 0.5) is 4.79 Å². The number of hydrogen-bond acceptors (Lipinski definition) is 6. The Morgan fingerprint density at radius 1 is 0.917 bits per heavy atom. The molecule has 7 aliphatic rings. The van der Waals surface area contributed by atoms with Crippen molar-refractivity contribution in [3.05, 3.63) is 29.8 Å². The van der Waals surface area contributed by atoms with E-state index in [1.165, 1.54) is 37.7 Å². The van der Waals surface area contributed by atoms with E-state index in [9.17, 15) is 4.79 Å². The molecule has 3 N–H and O–H groups in total. The number of nitrogens with two attached hydrogens (primary N) is 1. The molecule has 2 unspecified atom stereocenters. The summed E-state index contributed by atoms with van der Waals surface area (Å²) in [4.78, 5) is 24.8. The van der Waals surface area contributed by atoms with Crippen LogP contribution in [-0.4, -0.2) is 29.8 Å². The molecule has 1 aliphatic heterocycles. The lowest BCUT2D eigenvalue weighted by Crippen LogP contribution is -2.59. The highest BCUT2D eigenvalue weighted by molar-refractivity contribution is 5.70. The molecule has 7 nitrogen and oxygen atoms in total. The van der Waals surface area contributed by atoms with Gasteiger partial charge in [-0.1, -0.05) is 12.1 Å². The number of rotatable bonds is 3. The van der Waals surface area contributed by atoms with Crippen molar-refractivity contribution in [3.63, 3.8) is 0 Å². The van der Waals surface area contributed by atoms with E-state index in [0.29, 0.717) is 23.5 Å². The summed E-state index contributed by atoms with van der Waals surface area (Å²) in [7, 11) is 0. The third-order valence-corrected chi connectivity index (χ3v) is 10.3. The fourth-order valence-corrected chi connectivity index (χ4v) is 8.63. The Balaban J connectivity index is 0.980. The molecule has 4 bridgehead atoms. The first-order chi connectivity index (χ1) is 17.5. The number of hydrogen-bond donors (Lipinski definition) is 2. The van der Waals surface area contributed by atoms with Crippen molar-refractivity contribution in [1.29, 1.82) is 0 Å². The molecule has 1 amide bonds. The molecule has 2 spiro atoms. The van der Waals surface area contributed by atoms with Gasteiger partial charge in [-0.05, 0) is 106 Å². The van der Waals surface area contributed by atoms with E-state index >= 15 is 0 Å². The SMILES string of the molecule is NC1CCC(NC(=O)Oc2ccc(C3CCCC4(C3)OOC3(O4)C4CC5CC(C4)CC3C5)cc2)CC1. The smallest absolute Gasteiger partial charge is 0.410 e. The van der Waals surface area contributed by atoms with Gasteiger partial charge < -0.3 is 20.5 Å². The molecular formula is C29H40N2O5. The van der Waals surface area contributed by atoms with Gasteiger partial charge in [-0.15, -0.1) is 0 Å². The highest BCUT2D eigenvalue weighted by atomic mass is 17.3. The molecule has 7 fully saturated rings. The molecular weight excluding hydrogens is 456 g/mol. The van der Waals surface area contributed by atoms with E-state index in [1.54, 1.807) is 0 Å². The second kappa shape index (κ2) is 8.97. The third-order valence-electron chi connectivity index (χ3n) is 10.3. The number of ether oxygens (including phenoxy) is 2. The lowest BCUT2D eigenvalue weighted by Gasteiger charge is -2.57. The van der Waals surface area contributed by atoms with Crippen LogP contribution in [0.2, 0.25) is 0 Å². The van der Waals surface area contributed by atoms with Crippen LogP contribution in [-0.2, 0) is 14.5 Å². The number of benzene rings is 1. The predicted octanol–water partition coefficient (Wildman–Crippen LogP) is 5.53. The van der Waals surface area contributed by atoms with Crippen LogP contribution < -0.4 is 15.8 Å². The maximum Gasteiger partial charge on any atom is 0.412 e. The van der Waals surface area contributed by atoms with E-state index in [-0.39, 0.29) is 18.2 Å². The van der Waals surface area contributed by atoms with Crippen molar-refractivity contribution in [1.82, 2.24) is 5.32 Å². The molecule has 0 aromatic heterocycles. The molecule has 1 aromatic carbocycles. The number of carbonyl (C=O) groups is 1. The molecule has 1 aromatic rings. The van der Waals surface area contributed by atoms with E-state index in [0.717, 1.165) is 63.2 Å². The van der Waals surface area contributed by atoms with Gasteiger partial charge in [0.1, 0.15) is 5.75 Å². The van der Waals surface area contributed by atoms with Crippen LogP contribution in [0.3, 0.4) is 0 Å². The first kappa shape index (κ1) is 23.4. The predicted molar refractivity (Wildman–Crippen MR) is 133 cm³/mol. The average molecular weight is 497 g/mol. The van der Waals surface area contributed by atoms with Crippen molar-refractivity contribution in [3.8, 4) is 5.75 Å². The standard InChI is InChI=1S/C29H40N2O5/c30-24-5-7-25(8-6-24)31-27(32)33-26-9-3-20(4-10-26)21-2-1-11-28(17-21)34-29(36-35-28)22-13-18-12-19(15-22)16-23(29)14-18/h3-4,9-10,18-19,21-25H,1-2,5-8,11-17,30H2,(H,31,32). The van der Waals surface area contributed by atoms with Gasteiger partial charge in [-0.3, -0.25) is 0 Å². The van der Waals surface area contributed by atoms with Gasteiger partial charge in [0.15, 0.2) is 0 Å². The van der Waals surface area contributed by atoms with Crippen LogP contribution >= 0.6 is 0 Å². The van der Waals surface area contributed by atoms with Crippen molar-refractivity contribution in [2.24, 2.45) is 29.4 Å². The normalized spacial score (nSPS) is 45.3. The van der Waals surface area contributed by atoms with Gasteiger partial charge in [-0.2, -0.15) is 9.78 Å². The van der Waals surface area contributed by atoms with Crippen molar-refractivity contribution < 1.29 is 24.0 Å². The second-order valence-corrected chi connectivity index (χ2v) is 12.7. The third kappa shape index (κ3) is 4.16. The van der Waals surface area contributed by atoms with Crippen molar-refractivity contribution >= 4 is 6.09 Å². The zero-order valence-corrected chi connectivity index (χ0v) is 21.2.